The van der Waals surface area contributed by atoms with Crippen LogP contribution in [0.5, 0.6) is 0 Å². The number of ether oxygens (including phenoxy) is 1. The molecular weight excluding hydrogens is 330 g/mol. The van der Waals surface area contributed by atoms with E-state index in [1.165, 1.54) is 0 Å². The first kappa shape index (κ1) is 20.4. The van der Waals surface area contributed by atoms with Gasteiger partial charge in [0, 0.05) is 23.9 Å². The SMILES string of the molecule is CCC(C)(C)NC(=O)c1ccc(NC(=O)C2(COC)CCNCC2)cc1. The van der Waals surface area contributed by atoms with E-state index in [4.69, 9.17) is 4.74 Å². The Morgan fingerprint density at radius 2 is 1.81 bits per heavy atom. The first-order chi connectivity index (χ1) is 12.3. The quantitative estimate of drug-likeness (QED) is 0.697. The molecule has 0 atom stereocenters. The van der Waals surface area contributed by atoms with Gasteiger partial charge in [-0.25, -0.2) is 0 Å². The predicted octanol–water partition coefficient (Wildman–Crippen LogP) is 2.56. The fraction of sp³-hybridized carbons (Fsp3) is 0.600. The van der Waals surface area contributed by atoms with Crippen LogP contribution in [0.25, 0.3) is 0 Å². The van der Waals surface area contributed by atoms with Crippen LogP contribution in [0.3, 0.4) is 0 Å². The van der Waals surface area contributed by atoms with Crippen molar-refractivity contribution in [3.63, 3.8) is 0 Å². The van der Waals surface area contributed by atoms with Crippen LogP contribution in [0.2, 0.25) is 0 Å². The van der Waals surface area contributed by atoms with E-state index < -0.39 is 5.41 Å². The molecule has 0 unspecified atom stereocenters. The van der Waals surface area contributed by atoms with E-state index in [1.807, 2.05) is 20.8 Å². The molecule has 3 N–H and O–H groups in total. The lowest BCUT2D eigenvalue weighted by Gasteiger charge is -2.35. The number of rotatable bonds is 7. The van der Waals surface area contributed by atoms with Crippen LogP contribution in [0, 0.1) is 5.41 Å². The number of carbonyl (C=O) groups excluding carboxylic acids is 2. The molecule has 1 aromatic carbocycles. The molecule has 1 aliphatic heterocycles. The molecule has 2 amide bonds. The van der Waals surface area contributed by atoms with Crippen molar-refractivity contribution in [2.45, 2.75) is 45.6 Å². The molecule has 0 radical (unpaired) electrons. The van der Waals surface area contributed by atoms with E-state index in [-0.39, 0.29) is 17.4 Å². The second kappa shape index (κ2) is 8.64. The Balaban J connectivity index is 2.04. The van der Waals surface area contributed by atoms with Crippen molar-refractivity contribution in [1.82, 2.24) is 10.6 Å². The topological polar surface area (TPSA) is 79.5 Å². The minimum atomic E-state index is -0.499. The second-order valence-electron chi connectivity index (χ2n) is 7.69. The van der Waals surface area contributed by atoms with Gasteiger partial charge < -0.3 is 20.7 Å². The molecule has 0 bridgehead atoms. The number of amides is 2. The Labute approximate surface area is 156 Å². The highest BCUT2D eigenvalue weighted by molar-refractivity contribution is 5.97. The third kappa shape index (κ3) is 5.05. The fourth-order valence-electron chi connectivity index (χ4n) is 3.06. The Hall–Kier alpha value is -1.92. The predicted molar refractivity (Wildman–Crippen MR) is 103 cm³/mol. The summed E-state index contributed by atoms with van der Waals surface area (Å²) in [6, 6.07) is 7.02. The molecule has 0 saturated carbocycles. The first-order valence-corrected chi connectivity index (χ1v) is 9.25. The van der Waals surface area contributed by atoms with Crippen LogP contribution in [-0.2, 0) is 9.53 Å². The fourth-order valence-corrected chi connectivity index (χ4v) is 3.06. The van der Waals surface area contributed by atoms with Crippen molar-refractivity contribution < 1.29 is 14.3 Å². The zero-order valence-corrected chi connectivity index (χ0v) is 16.3. The van der Waals surface area contributed by atoms with E-state index >= 15 is 0 Å². The number of benzene rings is 1. The Kier molecular flexibility index (Phi) is 6.78. The molecule has 6 nitrogen and oxygen atoms in total. The van der Waals surface area contributed by atoms with E-state index in [2.05, 4.69) is 16.0 Å². The maximum Gasteiger partial charge on any atom is 0.251 e. The molecular formula is C20H31N3O3. The van der Waals surface area contributed by atoms with Gasteiger partial charge in [-0.3, -0.25) is 9.59 Å². The van der Waals surface area contributed by atoms with E-state index in [0.717, 1.165) is 32.4 Å². The van der Waals surface area contributed by atoms with Crippen LogP contribution < -0.4 is 16.0 Å². The van der Waals surface area contributed by atoms with Crippen molar-refractivity contribution >= 4 is 17.5 Å². The van der Waals surface area contributed by atoms with Crippen LogP contribution in [0.15, 0.2) is 24.3 Å². The molecule has 144 valence electrons. The third-order valence-corrected chi connectivity index (χ3v) is 5.20. The number of anilines is 1. The summed E-state index contributed by atoms with van der Waals surface area (Å²) in [6.45, 7) is 8.05. The summed E-state index contributed by atoms with van der Waals surface area (Å²) in [5, 5.41) is 9.27. The van der Waals surface area contributed by atoms with Crippen LogP contribution in [0.4, 0.5) is 5.69 Å². The minimum Gasteiger partial charge on any atom is -0.384 e. The first-order valence-electron chi connectivity index (χ1n) is 9.25. The largest absolute Gasteiger partial charge is 0.384 e. The van der Waals surface area contributed by atoms with Crippen LogP contribution in [-0.4, -0.2) is 44.2 Å². The average Bonchev–Trinajstić information content (AvgIpc) is 2.63. The molecule has 6 heteroatoms. The third-order valence-electron chi connectivity index (χ3n) is 5.20. The van der Waals surface area contributed by atoms with Crippen molar-refractivity contribution in [2.75, 3.05) is 32.1 Å². The molecule has 1 fully saturated rings. The smallest absolute Gasteiger partial charge is 0.251 e. The number of hydrogen-bond acceptors (Lipinski definition) is 4. The zero-order valence-electron chi connectivity index (χ0n) is 16.3. The van der Waals surface area contributed by atoms with Gasteiger partial charge in [0.15, 0.2) is 0 Å². The summed E-state index contributed by atoms with van der Waals surface area (Å²) in [5.74, 6) is -0.130. The Morgan fingerprint density at radius 1 is 1.19 bits per heavy atom. The lowest BCUT2D eigenvalue weighted by Crippen LogP contribution is -2.47. The molecule has 2 rings (SSSR count). The number of nitrogens with one attached hydrogen (secondary N) is 3. The highest BCUT2D eigenvalue weighted by Crippen LogP contribution is 2.31. The molecule has 26 heavy (non-hydrogen) atoms. The monoisotopic (exact) mass is 361 g/mol. The summed E-state index contributed by atoms with van der Waals surface area (Å²) in [5.41, 5.74) is 0.528. The van der Waals surface area contributed by atoms with E-state index in [9.17, 15) is 9.59 Å². The molecule has 1 aliphatic rings. The molecule has 0 spiro atoms. The lowest BCUT2D eigenvalue weighted by molar-refractivity contribution is -0.130. The normalized spacial score (nSPS) is 16.8. The molecule has 0 aromatic heterocycles. The van der Waals surface area contributed by atoms with Gasteiger partial charge in [0.1, 0.15) is 0 Å². The van der Waals surface area contributed by atoms with Crippen LogP contribution >= 0.6 is 0 Å². The van der Waals surface area contributed by atoms with Gasteiger partial charge in [0.25, 0.3) is 5.91 Å². The summed E-state index contributed by atoms with van der Waals surface area (Å²) < 4.78 is 5.31. The second-order valence-corrected chi connectivity index (χ2v) is 7.69. The summed E-state index contributed by atoms with van der Waals surface area (Å²) in [4.78, 5) is 25.1. The number of piperidine rings is 1. The molecule has 1 saturated heterocycles. The standard InChI is InChI=1S/C20H31N3O3/c1-5-19(2,3)23-17(24)15-6-8-16(9-7-15)22-18(25)20(14-26-4)10-12-21-13-11-20/h6-9,21H,5,10-14H2,1-4H3,(H,22,25)(H,23,24). The van der Waals surface area contributed by atoms with E-state index in [1.54, 1.807) is 31.4 Å². The Morgan fingerprint density at radius 3 is 2.35 bits per heavy atom. The average molecular weight is 361 g/mol. The minimum absolute atomic E-state index is 0.0230. The number of methoxy groups -OCH3 is 1. The maximum absolute atomic E-state index is 12.8. The summed E-state index contributed by atoms with van der Waals surface area (Å²) in [6.07, 6.45) is 2.35. The van der Waals surface area contributed by atoms with E-state index in [0.29, 0.717) is 17.9 Å². The van der Waals surface area contributed by atoms with Gasteiger partial charge in [-0.1, -0.05) is 6.92 Å². The molecule has 1 heterocycles. The van der Waals surface area contributed by atoms with Gasteiger partial charge in [0.05, 0.1) is 12.0 Å². The maximum atomic E-state index is 12.8. The van der Waals surface area contributed by atoms with Crippen LogP contribution in [0.1, 0.15) is 50.4 Å². The van der Waals surface area contributed by atoms with Gasteiger partial charge in [0.2, 0.25) is 5.91 Å². The highest BCUT2D eigenvalue weighted by Gasteiger charge is 2.39. The summed E-state index contributed by atoms with van der Waals surface area (Å²) >= 11 is 0. The molecule has 0 aliphatic carbocycles. The van der Waals surface area contributed by atoms with Gasteiger partial charge in [-0.2, -0.15) is 0 Å². The van der Waals surface area contributed by atoms with Crippen molar-refractivity contribution in [3.8, 4) is 0 Å². The number of carbonyl (C=O) groups is 2. The van der Waals surface area contributed by atoms with Crippen molar-refractivity contribution in [1.29, 1.82) is 0 Å². The number of hydrogen-bond donors (Lipinski definition) is 3. The molecule has 1 aromatic rings. The van der Waals surface area contributed by atoms with Gasteiger partial charge in [-0.15, -0.1) is 0 Å². The zero-order chi connectivity index (χ0) is 19.2. The van der Waals surface area contributed by atoms with Gasteiger partial charge >= 0.3 is 0 Å². The van der Waals surface area contributed by atoms with Crippen molar-refractivity contribution in [2.24, 2.45) is 5.41 Å². The van der Waals surface area contributed by atoms with Crippen molar-refractivity contribution in [3.05, 3.63) is 29.8 Å². The van der Waals surface area contributed by atoms with Gasteiger partial charge in [-0.05, 0) is 70.5 Å². The summed E-state index contributed by atoms with van der Waals surface area (Å²) in [7, 11) is 1.63. The Bertz CT molecular complexity index is 614. The highest BCUT2D eigenvalue weighted by atomic mass is 16.5. The lowest BCUT2D eigenvalue weighted by atomic mass is 9.78.